The van der Waals surface area contributed by atoms with Crippen LogP contribution in [0.15, 0.2) is 59.8 Å². The second-order valence-corrected chi connectivity index (χ2v) is 5.33. The molecular formula is C13H15N2O4S+. The van der Waals surface area contributed by atoms with E-state index in [-0.39, 0.29) is 4.90 Å². The molecule has 1 aromatic carbocycles. The molecule has 1 heterocycles. The number of hydrogen-bond donors (Lipinski definition) is 2. The average Bonchev–Trinajstić information content (AvgIpc) is 2.39. The van der Waals surface area contributed by atoms with Crippen molar-refractivity contribution in [3.8, 4) is 0 Å². The Morgan fingerprint density at radius 2 is 1.75 bits per heavy atom. The molecule has 2 aromatic rings. The molecule has 0 aliphatic heterocycles. The number of hydrogen-bond acceptors (Lipinski definition) is 3. The van der Waals surface area contributed by atoms with Gasteiger partial charge in [-0.05, 0) is 18.2 Å². The maximum atomic E-state index is 10.6. The van der Waals surface area contributed by atoms with E-state index in [9.17, 15) is 13.2 Å². The fourth-order valence-corrected chi connectivity index (χ4v) is 1.83. The van der Waals surface area contributed by atoms with Gasteiger partial charge in [-0.1, -0.05) is 18.2 Å². The van der Waals surface area contributed by atoms with Crippen molar-refractivity contribution in [3.05, 3.63) is 60.4 Å². The van der Waals surface area contributed by atoms with Gasteiger partial charge in [-0.15, -0.1) is 0 Å². The summed E-state index contributed by atoms with van der Waals surface area (Å²) >= 11 is 0. The summed E-state index contributed by atoms with van der Waals surface area (Å²) in [5.74, 6) is -0.392. The second kappa shape index (κ2) is 6.78. The zero-order chi connectivity index (χ0) is 15.2. The molecule has 106 valence electrons. The van der Waals surface area contributed by atoms with E-state index in [1.165, 1.54) is 12.1 Å². The highest BCUT2D eigenvalue weighted by Crippen LogP contribution is 2.05. The minimum absolute atomic E-state index is 0.0741. The van der Waals surface area contributed by atoms with Crippen molar-refractivity contribution >= 4 is 16.0 Å². The molecule has 0 spiro atoms. The summed E-state index contributed by atoms with van der Waals surface area (Å²) in [6.45, 7) is 0. The van der Waals surface area contributed by atoms with Crippen molar-refractivity contribution < 1.29 is 22.3 Å². The molecule has 1 aromatic heterocycles. The lowest BCUT2D eigenvalue weighted by Gasteiger charge is -1.92. The number of rotatable bonds is 2. The van der Waals surface area contributed by atoms with Crippen LogP contribution in [0, 0.1) is 0 Å². The number of nitrogens with zero attached hydrogens (tertiary/aromatic N) is 1. The summed E-state index contributed by atoms with van der Waals surface area (Å²) in [7, 11) is -2.16. The minimum Gasteiger partial charge on any atom is -0.365 e. The Morgan fingerprint density at radius 3 is 2.10 bits per heavy atom. The van der Waals surface area contributed by atoms with Crippen LogP contribution < -0.4 is 10.3 Å². The third-order valence-electron chi connectivity index (χ3n) is 2.27. The molecule has 0 saturated heterocycles. The highest BCUT2D eigenvalue weighted by atomic mass is 32.2. The predicted molar refractivity (Wildman–Crippen MR) is 72.4 cm³/mol. The Bertz CT molecular complexity index is 685. The predicted octanol–water partition coefficient (Wildman–Crippen LogP) is 0.543. The minimum atomic E-state index is -4.00. The Kier molecular flexibility index (Phi) is 5.36. The van der Waals surface area contributed by atoms with Gasteiger partial charge in [0, 0.05) is 6.07 Å². The van der Waals surface area contributed by atoms with E-state index in [4.69, 9.17) is 10.3 Å². The Morgan fingerprint density at radius 1 is 1.15 bits per heavy atom. The van der Waals surface area contributed by atoms with E-state index < -0.39 is 16.0 Å². The first-order valence-corrected chi connectivity index (χ1v) is 7.02. The van der Waals surface area contributed by atoms with Gasteiger partial charge in [-0.3, -0.25) is 9.35 Å². The lowest BCUT2D eigenvalue weighted by Crippen LogP contribution is -2.28. The molecule has 6 nitrogen and oxygen atoms in total. The molecule has 7 heteroatoms. The van der Waals surface area contributed by atoms with Crippen LogP contribution >= 0.6 is 0 Å². The second-order valence-electron chi connectivity index (χ2n) is 3.91. The number of aromatic nitrogens is 1. The molecule has 0 atom stereocenters. The molecule has 20 heavy (non-hydrogen) atoms. The first kappa shape index (κ1) is 15.8. The first-order chi connectivity index (χ1) is 9.30. The Hall–Kier alpha value is -2.25. The van der Waals surface area contributed by atoms with Crippen LogP contribution in [0.4, 0.5) is 0 Å². The molecule has 2 rings (SSSR count). The highest BCUT2D eigenvalue weighted by molar-refractivity contribution is 7.85. The SMILES string of the molecule is C[n+]1cccc(C(N)=O)c1.O=S(=O)(O)c1ccccc1. The fraction of sp³-hybridized carbons (Fsp3) is 0.0769. The van der Waals surface area contributed by atoms with Crippen LogP contribution in [0.25, 0.3) is 0 Å². The molecule has 0 aliphatic carbocycles. The Balaban J connectivity index is 0.000000200. The molecule has 0 aliphatic rings. The number of pyridine rings is 1. The highest BCUT2D eigenvalue weighted by Gasteiger charge is 2.05. The van der Waals surface area contributed by atoms with Crippen LogP contribution in [-0.2, 0) is 17.2 Å². The standard InChI is InChI=1S/C7H8N2O.C6H6O3S/c1-9-4-2-3-6(5-9)7(8)10;7-10(8,9)6-4-2-1-3-5-6/h2-5H,1H3,(H-,8,10);1-5H,(H,7,8,9)/p+1. The smallest absolute Gasteiger partial charge is 0.294 e. The van der Waals surface area contributed by atoms with Crippen molar-refractivity contribution in [2.45, 2.75) is 4.90 Å². The van der Waals surface area contributed by atoms with Gasteiger partial charge in [0.2, 0.25) is 0 Å². The first-order valence-electron chi connectivity index (χ1n) is 5.58. The molecule has 0 fully saturated rings. The summed E-state index contributed by atoms with van der Waals surface area (Å²) in [6, 6.07) is 10.9. The number of nitrogens with two attached hydrogens (primary N) is 1. The summed E-state index contributed by atoms with van der Waals surface area (Å²) < 4.78 is 31.0. The monoisotopic (exact) mass is 295 g/mol. The maximum Gasteiger partial charge on any atom is 0.294 e. The van der Waals surface area contributed by atoms with Gasteiger partial charge in [0.05, 0.1) is 4.90 Å². The quantitative estimate of drug-likeness (QED) is 0.623. The molecule has 0 radical (unpaired) electrons. The number of amides is 1. The summed E-state index contributed by atoms with van der Waals surface area (Å²) in [4.78, 5) is 10.5. The third-order valence-corrected chi connectivity index (χ3v) is 3.13. The van der Waals surface area contributed by atoms with Crippen molar-refractivity contribution in [1.29, 1.82) is 0 Å². The van der Waals surface area contributed by atoms with Crippen molar-refractivity contribution in [2.75, 3.05) is 0 Å². The van der Waals surface area contributed by atoms with E-state index in [0.717, 1.165) is 0 Å². The molecule has 0 unspecified atom stereocenters. The summed E-state index contributed by atoms with van der Waals surface area (Å²) in [5, 5.41) is 0. The number of carbonyl (C=O) groups is 1. The lowest BCUT2D eigenvalue weighted by atomic mass is 10.3. The number of aryl methyl sites for hydroxylation is 1. The zero-order valence-electron chi connectivity index (χ0n) is 10.8. The van der Waals surface area contributed by atoms with Gasteiger partial charge >= 0.3 is 0 Å². The van der Waals surface area contributed by atoms with E-state index in [1.54, 1.807) is 41.1 Å². The third kappa shape index (κ3) is 5.17. The van der Waals surface area contributed by atoms with Gasteiger partial charge in [0.15, 0.2) is 12.4 Å². The van der Waals surface area contributed by atoms with Gasteiger partial charge in [0.25, 0.3) is 16.0 Å². The van der Waals surface area contributed by atoms with E-state index in [0.29, 0.717) is 5.56 Å². The molecule has 0 bridgehead atoms. The average molecular weight is 295 g/mol. The molecule has 0 saturated carbocycles. The number of benzene rings is 1. The summed E-state index contributed by atoms with van der Waals surface area (Å²) in [5.41, 5.74) is 5.56. The molecule has 3 N–H and O–H groups in total. The van der Waals surface area contributed by atoms with Crippen molar-refractivity contribution in [2.24, 2.45) is 12.8 Å². The number of carbonyl (C=O) groups excluding carboxylic acids is 1. The largest absolute Gasteiger partial charge is 0.365 e. The van der Waals surface area contributed by atoms with Crippen LogP contribution in [0.5, 0.6) is 0 Å². The number of primary amides is 1. The lowest BCUT2D eigenvalue weighted by molar-refractivity contribution is -0.671. The van der Waals surface area contributed by atoms with E-state index in [2.05, 4.69) is 0 Å². The van der Waals surface area contributed by atoms with E-state index >= 15 is 0 Å². The van der Waals surface area contributed by atoms with Crippen molar-refractivity contribution in [1.82, 2.24) is 0 Å². The normalized spacial score (nSPS) is 10.3. The van der Waals surface area contributed by atoms with Crippen LogP contribution in [0.3, 0.4) is 0 Å². The Labute approximate surface area is 117 Å². The maximum absolute atomic E-state index is 10.6. The van der Waals surface area contributed by atoms with Crippen LogP contribution in [0.1, 0.15) is 10.4 Å². The summed E-state index contributed by atoms with van der Waals surface area (Å²) in [6.07, 6.45) is 3.52. The topological polar surface area (TPSA) is 101 Å². The van der Waals surface area contributed by atoms with Crippen LogP contribution in [-0.4, -0.2) is 18.9 Å². The van der Waals surface area contributed by atoms with Crippen LogP contribution in [0.2, 0.25) is 0 Å². The molecule has 1 amide bonds. The van der Waals surface area contributed by atoms with Gasteiger partial charge < -0.3 is 5.73 Å². The van der Waals surface area contributed by atoms with E-state index in [1.807, 2.05) is 13.2 Å². The van der Waals surface area contributed by atoms with Gasteiger partial charge in [-0.25, -0.2) is 4.57 Å². The zero-order valence-corrected chi connectivity index (χ0v) is 11.6. The molecular weight excluding hydrogens is 280 g/mol. The van der Waals surface area contributed by atoms with Gasteiger partial charge in [0.1, 0.15) is 12.6 Å². The fourth-order valence-electron chi connectivity index (χ4n) is 1.33. The van der Waals surface area contributed by atoms with Gasteiger partial charge in [-0.2, -0.15) is 8.42 Å². The van der Waals surface area contributed by atoms with Crippen molar-refractivity contribution in [3.63, 3.8) is 0 Å².